The fraction of sp³-hybridized carbons (Fsp3) is 0.333. The molecule has 0 saturated carbocycles. The largest absolute Gasteiger partial charge is 0.497 e. The van der Waals surface area contributed by atoms with E-state index in [-0.39, 0.29) is 29.1 Å². The monoisotopic (exact) mass is 569 g/mol. The number of nitrogens with zero attached hydrogens (tertiary/aromatic N) is 2. The van der Waals surface area contributed by atoms with Crippen molar-refractivity contribution in [2.45, 2.75) is 57.6 Å². The minimum absolute atomic E-state index is 0.0540. The smallest absolute Gasteiger partial charge is 0.264 e. The van der Waals surface area contributed by atoms with Gasteiger partial charge in [-0.2, -0.15) is 0 Å². The van der Waals surface area contributed by atoms with E-state index in [0.717, 1.165) is 34.1 Å². The lowest BCUT2D eigenvalue weighted by Crippen LogP contribution is -2.53. The van der Waals surface area contributed by atoms with Gasteiger partial charge in [0.2, 0.25) is 11.8 Å². The second-order valence-electron chi connectivity index (χ2n) is 9.76. The zero-order valence-electron chi connectivity index (χ0n) is 23.4. The SMILES string of the molecule is CC[C@H](C(=O)NC(C)C)N(Cc1cccc(OC)c1)C(=O)CN(c1ccc(C)cc1)S(=O)(=O)c1ccc(F)cc1. The summed E-state index contributed by atoms with van der Waals surface area (Å²) in [6.45, 7) is 6.79. The van der Waals surface area contributed by atoms with Gasteiger partial charge in [0.25, 0.3) is 10.0 Å². The van der Waals surface area contributed by atoms with E-state index < -0.39 is 34.3 Å². The van der Waals surface area contributed by atoms with Gasteiger partial charge in [-0.3, -0.25) is 13.9 Å². The summed E-state index contributed by atoms with van der Waals surface area (Å²) in [4.78, 5) is 28.5. The molecule has 1 atom stereocenters. The summed E-state index contributed by atoms with van der Waals surface area (Å²) >= 11 is 0. The Labute approximate surface area is 235 Å². The van der Waals surface area contributed by atoms with Gasteiger partial charge in [-0.05, 0) is 81.3 Å². The number of carbonyl (C=O) groups excluding carboxylic acids is 2. The highest BCUT2D eigenvalue weighted by Crippen LogP contribution is 2.26. The van der Waals surface area contributed by atoms with E-state index in [2.05, 4.69) is 5.32 Å². The van der Waals surface area contributed by atoms with Crippen molar-refractivity contribution in [1.29, 1.82) is 0 Å². The maximum absolute atomic E-state index is 14.0. The number of rotatable bonds is 12. The molecule has 10 heteroatoms. The first-order valence-electron chi connectivity index (χ1n) is 13.0. The Kier molecular flexibility index (Phi) is 10.3. The number of amides is 2. The van der Waals surface area contributed by atoms with Crippen molar-refractivity contribution in [2.24, 2.45) is 0 Å². The maximum Gasteiger partial charge on any atom is 0.264 e. The van der Waals surface area contributed by atoms with E-state index in [4.69, 9.17) is 4.74 Å². The van der Waals surface area contributed by atoms with Crippen LogP contribution in [0.15, 0.2) is 77.7 Å². The van der Waals surface area contributed by atoms with Crippen LogP contribution in [-0.4, -0.2) is 50.9 Å². The number of anilines is 1. The number of carbonyl (C=O) groups is 2. The molecule has 1 N–H and O–H groups in total. The fourth-order valence-electron chi connectivity index (χ4n) is 4.24. The molecule has 0 spiro atoms. The fourth-order valence-corrected chi connectivity index (χ4v) is 5.66. The molecule has 0 radical (unpaired) electrons. The molecule has 3 aromatic rings. The van der Waals surface area contributed by atoms with Crippen LogP contribution in [0, 0.1) is 12.7 Å². The van der Waals surface area contributed by atoms with Crippen molar-refractivity contribution < 1.29 is 27.1 Å². The first kappa shape index (κ1) is 30.6. The average molecular weight is 570 g/mol. The summed E-state index contributed by atoms with van der Waals surface area (Å²) in [6, 6.07) is 17.3. The molecule has 2 amide bonds. The topological polar surface area (TPSA) is 96.0 Å². The molecule has 0 saturated heterocycles. The highest BCUT2D eigenvalue weighted by atomic mass is 32.2. The van der Waals surface area contributed by atoms with E-state index in [1.54, 1.807) is 49.4 Å². The van der Waals surface area contributed by atoms with Gasteiger partial charge in [0.05, 0.1) is 17.7 Å². The summed E-state index contributed by atoms with van der Waals surface area (Å²) in [5.74, 6) is -0.898. The molecule has 0 aliphatic heterocycles. The lowest BCUT2D eigenvalue weighted by atomic mass is 10.1. The second kappa shape index (κ2) is 13.4. The van der Waals surface area contributed by atoms with Gasteiger partial charge in [-0.15, -0.1) is 0 Å². The third-order valence-corrected chi connectivity index (χ3v) is 8.09. The van der Waals surface area contributed by atoms with E-state index in [9.17, 15) is 22.4 Å². The van der Waals surface area contributed by atoms with Crippen molar-refractivity contribution in [1.82, 2.24) is 10.2 Å². The average Bonchev–Trinajstić information content (AvgIpc) is 2.92. The van der Waals surface area contributed by atoms with Crippen LogP contribution in [0.5, 0.6) is 5.75 Å². The molecular formula is C30H36FN3O5S. The van der Waals surface area contributed by atoms with E-state index >= 15 is 0 Å². The van der Waals surface area contributed by atoms with Crippen molar-refractivity contribution in [3.05, 3.63) is 89.7 Å². The van der Waals surface area contributed by atoms with Crippen LogP contribution in [0.2, 0.25) is 0 Å². The van der Waals surface area contributed by atoms with Crippen molar-refractivity contribution in [2.75, 3.05) is 18.0 Å². The summed E-state index contributed by atoms with van der Waals surface area (Å²) in [7, 11) is -2.73. The first-order chi connectivity index (χ1) is 19.0. The molecule has 0 unspecified atom stereocenters. The minimum atomic E-state index is -4.27. The van der Waals surface area contributed by atoms with Crippen LogP contribution < -0.4 is 14.4 Å². The zero-order chi connectivity index (χ0) is 29.4. The summed E-state index contributed by atoms with van der Waals surface area (Å²) in [6.07, 6.45) is 0.309. The number of ether oxygens (including phenoxy) is 1. The quantitative estimate of drug-likeness (QED) is 0.342. The third-order valence-electron chi connectivity index (χ3n) is 6.31. The predicted octanol–water partition coefficient (Wildman–Crippen LogP) is 4.67. The predicted molar refractivity (Wildman–Crippen MR) is 153 cm³/mol. The van der Waals surface area contributed by atoms with Gasteiger partial charge < -0.3 is 15.0 Å². The number of aryl methyl sites for hydroxylation is 1. The number of nitrogens with one attached hydrogen (secondary N) is 1. The Morgan fingerprint density at radius 3 is 2.23 bits per heavy atom. The zero-order valence-corrected chi connectivity index (χ0v) is 24.2. The molecule has 0 heterocycles. The van der Waals surface area contributed by atoms with E-state index in [0.29, 0.717) is 17.7 Å². The van der Waals surface area contributed by atoms with Crippen LogP contribution in [0.25, 0.3) is 0 Å². The molecule has 0 aromatic heterocycles. The molecule has 3 aromatic carbocycles. The standard InChI is InChI=1S/C30H36FN3O5S/c1-6-28(30(36)32-21(2)3)33(19-23-8-7-9-26(18-23)39-5)29(35)20-34(25-14-10-22(4)11-15-25)40(37,38)27-16-12-24(31)13-17-27/h7-18,21,28H,6,19-20H2,1-5H3,(H,32,36)/t28-/m1/s1. The number of hydrogen-bond donors (Lipinski definition) is 1. The first-order valence-corrected chi connectivity index (χ1v) is 14.5. The van der Waals surface area contributed by atoms with Crippen LogP contribution in [0.1, 0.15) is 38.3 Å². The normalized spacial score (nSPS) is 12.1. The molecule has 0 bridgehead atoms. The van der Waals surface area contributed by atoms with Gasteiger partial charge in [0.1, 0.15) is 24.2 Å². The lowest BCUT2D eigenvalue weighted by molar-refractivity contribution is -0.140. The molecule has 0 fully saturated rings. The van der Waals surface area contributed by atoms with E-state index in [1.165, 1.54) is 12.0 Å². The van der Waals surface area contributed by atoms with Gasteiger partial charge in [-0.1, -0.05) is 36.8 Å². The van der Waals surface area contributed by atoms with Crippen LogP contribution in [0.3, 0.4) is 0 Å². The Balaban J connectivity index is 2.06. The Morgan fingerprint density at radius 2 is 1.65 bits per heavy atom. The van der Waals surface area contributed by atoms with E-state index in [1.807, 2.05) is 26.8 Å². The van der Waals surface area contributed by atoms with Crippen molar-refractivity contribution in [3.8, 4) is 5.75 Å². The Hall–Kier alpha value is -3.92. The van der Waals surface area contributed by atoms with Crippen LogP contribution in [-0.2, 0) is 26.2 Å². The number of halogens is 1. The summed E-state index contributed by atoms with van der Waals surface area (Å²) in [5.41, 5.74) is 1.89. The summed E-state index contributed by atoms with van der Waals surface area (Å²) in [5, 5.41) is 2.87. The second-order valence-corrected chi connectivity index (χ2v) is 11.6. The molecular weight excluding hydrogens is 533 g/mol. The van der Waals surface area contributed by atoms with Crippen LogP contribution in [0.4, 0.5) is 10.1 Å². The molecule has 3 rings (SSSR count). The van der Waals surface area contributed by atoms with Crippen LogP contribution >= 0.6 is 0 Å². The van der Waals surface area contributed by atoms with Gasteiger partial charge in [0, 0.05) is 12.6 Å². The molecule has 0 aliphatic rings. The van der Waals surface area contributed by atoms with Gasteiger partial charge >= 0.3 is 0 Å². The molecule has 0 aliphatic carbocycles. The highest BCUT2D eigenvalue weighted by molar-refractivity contribution is 7.92. The maximum atomic E-state index is 14.0. The number of hydrogen-bond acceptors (Lipinski definition) is 5. The lowest BCUT2D eigenvalue weighted by Gasteiger charge is -2.33. The van der Waals surface area contributed by atoms with Crippen molar-refractivity contribution in [3.63, 3.8) is 0 Å². The van der Waals surface area contributed by atoms with Gasteiger partial charge in [-0.25, -0.2) is 12.8 Å². The number of benzene rings is 3. The van der Waals surface area contributed by atoms with Gasteiger partial charge in [0.15, 0.2) is 0 Å². The highest BCUT2D eigenvalue weighted by Gasteiger charge is 2.34. The third kappa shape index (κ3) is 7.59. The summed E-state index contributed by atoms with van der Waals surface area (Å²) < 4.78 is 47.5. The molecule has 8 nitrogen and oxygen atoms in total. The molecule has 214 valence electrons. The Bertz CT molecular complexity index is 1410. The number of methoxy groups -OCH3 is 1. The Morgan fingerprint density at radius 1 is 1.00 bits per heavy atom. The molecule has 40 heavy (non-hydrogen) atoms. The van der Waals surface area contributed by atoms with Crippen molar-refractivity contribution >= 4 is 27.5 Å². The minimum Gasteiger partial charge on any atom is -0.497 e. The number of sulfonamides is 1.